The van der Waals surface area contributed by atoms with Gasteiger partial charge in [-0.2, -0.15) is 0 Å². The summed E-state index contributed by atoms with van der Waals surface area (Å²) in [5.74, 6) is -1.30. The van der Waals surface area contributed by atoms with Gasteiger partial charge in [0.2, 0.25) is 0 Å². The van der Waals surface area contributed by atoms with Crippen LogP contribution in [0.15, 0.2) is 0 Å². The van der Waals surface area contributed by atoms with Crippen molar-refractivity contribution in [2.45, 2.75) is 70.7 Å². The molecule has 0 bridgehead atoms. The number of nitrogens with one attached hydrogen (secondary N) is 2. The summed E-state index contributed by atoms with van der Waals surface area (Å²) < 4.78 is 16.3. The summed E-state index contributed by atoms with van der Waals surface area (Å²) in [5, 5.41) is 6.24. The van der Waals surface area contributed by atoms with Crippen LogP contribution in [0.4, 0.5) is 4.79 Å². The number of carbonyl (C=O) groups excluding carboxylic acids is 3. The van der Waals surface area contributed by atoms with Crippen LogP contribution in [0.1, 0.15) is 47.0 Å². The molecule has 0 saturated carbocycles. The number of carbonyl (C=O) groups is 3. The molecule has 1 unspecified atom stereocenters. The summed E-state index contributed by atoms with van der Waals surface area (Å²) in [4.78, 5) is 36.5. The van der Waals surface area contributed by atoms with Gasteiger partial charge in [0.15, 0.2) is 5.60 Å². The van der Waals surface area contributed by atoms with E-state index < -0.39 is 23.6 Å². The molecule has 0 spiro atoms. The highest BCUT2D eigenvalue weighted by Crippen LogP contribution is 2.26. The lowest BCUT2D eigenvalue weighted by atomic mass is 9.92. The molecule has 0 radical (unpaired) electrons. The Kier molecular flexibility index (Phi) is 7.22. The molecule has 154 valence electrons. The van der Waals surface area contributed by atoms with Crippen LogP contribution in [0, 0.1) is 11.8 Å². The Morgan fingerprint density at radius 1 is 1.19 bits per heavy atom. The fourth-order valence-corrected chi connectivity index (χ4v) is 3.72. The largest absolute Gasteiger partial charge is 0.461 e. The molecule has 8 nitrogen and oxygen atoms in total. The normalized spacial score (nSPS) is 39.4. The molecule has 2 N–H and O–H groups in total. The van der Waals surface area contributed by atoms with Gasteiger partial charge in [0.1, 0.15) is 18.3 Å². The minimum Gasteiger partial charge on any atom is -0.461 e. The number of ether oxygens (including phenoxy) is 3. The lowest BCUT2D eigenvalue weighted by Crippen LogP contribution is -2.56. The monoisotopic (exact) mass is 384 g/mol. The van der Waals surface area contributed by atoms with Gasteiger partial charge in [-0.3, -0.25) is 9.59 Å². The van der Waals surface area contributed by atoms with Gasteiger partial charge in [0.25, 0.3) is 0 Å². The van der Waals surface area contributed by atoms with Crippen LogP contribution >= 0.6 is 0 Å². The molecule has 0 aromatic rings. The zero-order valence-corrected chi connectivity index (χ0v) is 16.9. The zero-order valence-electron chi connectivity index (χ0n) is 16.9. The molecular weight excluding hydrogens is 352 g/mol. The van der Waals surface area contributed by atoms with Crippen LogP contribution in [0.5, 0.6) is 0 Å². The van der Waals surface area contributed by atoms with Crippen molar-refractivity contribution >= 4 is 17.8 Å². The van der Waals surface area contributed by atoms with Gasteiger partial charge < -0.3 is 24.8 Å². The van der Waals surface area contributed by atoms with E-state index in [1.165, 1.54) is 0 Å². The number of amides is 1. The van der Waals surface area contributed by atoms with Crippen molar-refractivity contribution in [1.82, 2.24) is 10.6 Å². The fourth-order valence-electron chi connectivity index (χ4n) is 3.72. The second-order valence-corrected chi connectivity index (χ2v) is 8.05. The molecule has 6 atom stereocenters. The Balaban J connectivity index is 2.19. The van der Waals surface area contributed by atoms with E-state index in [1.807, 2.05) is 6.92 Å². The number of Topliss-reactive ketones (excluding diaryl/α,β-unsaturated/α-hetero) is 1. The van der Waals surface area contributed by atoms with E-state index in [9.17, 15) is 14.4 Å². The number of cyclic esters (lactones) is 1. The Bertz CT molecular complexity index is 568. The molecule has 2 heterocycles. The number of hydrogen-bond acceptors (Lipinski definition) is 7. The van der Waals surface area contributed by atoms with E-state index in [2.05, 4.69) is 17.6 Å². The summed E-state index contributed by atoms with van der Waals surface area (Å²) in [6.07, 6.45) is 1.06. The highest BCUT2D eigenvalue weighted by Gasteiger charge is 2.49. The van der Waals surface area contributed by atoms with Crippen LogP contribution in [-0.4, -0.2) is 61.9 Å². The zero-order chi connectivity index (χ0) is 20.2. The molecule has 0 aromatic carbocycles. The molecule has 0 aliphatic carbocycles. The molecular formula is C19H32N2O6. The Labute approximate surface area is 160 Å². The summed E-state index contributed by atoms with van der Waals surface area (Å²) in [5.41, 5.74) is -1.000. The molecule has 2 saturated heterocycles. The fraction of sp³-hybridized carbons (Fsp3) is 0.842. The summed E-state index contributed by atoms with van der Waals surface area (Å²) in [6, 6.07) is -0.452. The second kappa shape index (κ2) is 9.01. The summed E-state index contributed by atoms with van der Waals surface area (Å²) >= 11 is 0. The van der Waals surface area contributed by atoms with E-state index in [0.29, 0.717) is 12.3 Å². The molecule has 1 amide bonds. The third kappa shape index (κ3) is 5.42. The van der Waals surface area contributed by atoms with Crippen molar-refractivity contribution in [3.8, 4) is 0 Å². The Morgan fingerprint density at radius 3 is 2.56 bits per heavy atom. The van der Waals surface area contributed by atoms with Crippen LogP contribution in [-0.2, 0) is 23.8 Å². The van der Waals surface area contributed by atoms with Gasteiger partial charge in [-0.1, -0.05) is 6.92 Å². The first-order valence-electron chi connectivity index (χ1n) is 9.61. The van der Waals surface area contributed by atoms with Gasteiger partial charge >= 0.3 is 12.1 Å². The quantitative estimate of drug-likeness (QED) is 0.520. The van der Waals surface area contributed by atoms with E-state index in [1.54, 1.807) is 21.0 Å². The van der Waals surface area contributed by atoms with Crippen molar-refractivity contribution in [1.29, 1.82) is 0 Å². The van der Waals surface area contributed by atoms with Crippen molar-refractivity contribution in [2.75, 3.05) is 20.3 Å². The molecule has 8 heteroatoms. The van der Waals surface area contributed by atoms with Crippen molar-refractivity contribution in [2.24, 2.45) is 11.8 Å². The number of methoxy groups -OCH3 is 1. The summed E-state index contributed by atoms with van der Waals surface area (Å²) in [6.45, 7) is 7.99. The van der Waals surface area contributed by atoms with Crippen LogP contribution in [0.25, 0.3) is 0 Å². The SMILES string of the molecule is CO[C@H]1CCC(=O)C(C)C(=O)OC[C@@]2(C)OC(=O)N[C@@H]2[C@@H](C)NC[C@H](C)C1. The first kappa shape index (κ1) is 21.6. The minimum absolute atomic E-state index is 0.0470. The van der Waals surface area contributed by atoms with Crippen molar-refractivity contribution in [3.63, 3.8) is 0 Å². The van der Waals surface area contributed by atoms with Gasteiger partial charge in [0, 0.05) is 19.6 Å². The average Bonchev–Trinajstić information content (AvgIpc) is 2.94. The maximum absolute atomic E-state index is 12.4. The average molecular weight is 384 g/mol. The van der Waals surface area contributed by atoms with Gasteiger partial charge in [-0.25, -0.2) is 4.79 Å². The highest BCUT2D eigenvalue weighted by atomic mass is 16.6. The van der Waals surface area contributed by atoms with E-state index in [4.69, 9.17) is 14.2 Å². The van der Waals surface area contributed by atoms with Crippen LogP contribution in [0.2, 0.25) is 0 Å². The standard InChI is InChI=1S/C19H32N2O6/c1-11-8-14(25-5)6-7-15(22)12(2)17(23)26-10-19(4)16(13(3)20-9-11)21-18(24)27-19/h11-14,16,20H,6-10H2,1-5H3,(H,21,24)/t11-,12?,13-,14+,16-,19-/m1/s1. The first-order chi connectivity index (χ1) is 12.7. The van der Waals surface area contributed by atoms with Gasteiger partial charge in [0.05, 0.1) is 12.1 Å². The lowest BCUT2D eigenvalue weighted by molar-refractivity contribution is -0.157. The molecule has 27 heavy (non-hydrogen) atoms. The van der Waals surface area contributed by atoms with E-state index >= 15 is 0 Å². The molecule has 2 aliphatic rings. The van der Waals surface area contributed by atoms with Gasteiger partial charge in [-0.05, 0) is 46.1 Å². The molecule has 2 aliphatic heterocycles. The van der Waals surface area contributed by atoms with Crippen LogP contribution < -0.4 is 10.6 Å². The Morgan fingerprint density at radius 2 is 1.89 bits per heavy atom. The third-order valence-corrected chi connectivity index (χ3v) is 5.59. The minimum atomic E-state index is -1.000. The number of hydrogen-bond donors (Lipinski definition) is 2. The van der Waals surface area contributed by atoms with Crippen LogP contribution in [0.3, 0.4) is 0 Å². The molecule has 0 aromatic heterocycles. The lowest BCUT2D eigenvalue weighted by Gasteiger charge is -2.33. The Hall–Kier alpha value is -1.67. The predicted octanol–water partition coefficient (Wildman–Crippen LogP) is 1.42. The summed E-state index contributed by atoms with van der Waals surface area (Å²) in [7, 11) is 1.64. The maximum atomic E-state index is 12.4. The first-order valence-corrected chi connectivity index (χ1v) is 9.61. The molecule has 2 rings (SSSR count). The van der Waals surface area contributed by atoms with Crippen molar-refractivity contribution < 1.29 is 28.6 Å². The third-order valence-electron chi connectivity index (χ3n) is 5.59. The predicted molar refractivity (Wildman–Crippen MR) is 98.2 cm³/mol. The van der Waals surface area contributed by atoms with Gasteiger partial charge in [-0.15, -0.1) is 0 Å². The maximum Gasteiger partial charge on any atom is 0.408 e. The number of alkyl carbamates (subject to hydrolysis) is 1. The smallest absolute Gasteiger partial charge is 0.408 e. The number of rotatable bonds is 1. The number of fused-ring (bicyclic) bond motifs is 1. The van der Waals surface area contributed by atoms with E-state index in [0.717, 1.165) is 13.0 Å². The number of ketones is 1. The highest BCUT2D eigenvalue weighted by molar-refractivity contribution is 5.98. The second-order valence-electron chi connectivity index (χ2n) is 8.05. The van der Waals surface area contributed by atoms with E-state index in [-0.39, 0.29) is 37.0 Å². The number of esters is 1. The van der Waals surface area contributed by atoms with Crippen molar-refractivity contribution in [3.05, 3.63) is 0 Å². The molecule has 2 fully saturated rings. The topological polar surface area (TPSA) is 103 Å².